The number of rotatable bonds is 2. The minimum absolute atomic E-state index is 0.146. The number of carbonyl (C=O) groups excluding carboxylic acids is 6. The number of hydrogen-bond donors (Lipinski definition) is 0. The minimum Gasteiger partial charge on any atom is -0.389 e. The zero-order valence-electron chi connectivity index (χ0n) is 12.4. The first-order chi connectivity index (χ1) is 11.9. The van der Waals surface area contributed by atoms with E-state index in [-0.39, 0.29) is 5.57 Å². The van der Waals surface area contributed by atoms with E-state index in [9.17, 15) is 28.8 Å². The van der Waals surface area contributed by atoms with Gasteiger partial charge in [-0.15, -0.1) is 0 Å². The Morgan fingerprint density at radius 3 is 1.76 bits per heavy atom. The molecule has 1 atom stereocenters. The molecular weight excluding hydrogens is 332 g/mol. The highest BCUT2D eigenvalue weighted by atomic mass is 16.6. The van der Waals surface area contributed by atoms with E-state index in [4.69, 9.17) is 0 Å². The fraction of sp³-hybridized carbons (Fsp3) is 0.125. The Bertz CT molecular complexity index is 843. The van der Waals surface area contributed by atoms with Crippen LogP contribution in [0, 0.1) is 5.92 Å². The Kier molecular flexibility index (Phi) is 2.81. The van der Waals surface area contributed by atoms with Gasteiger partial charge in [0.05, 0.1) is 5.57 Å². The highest BCUT2D eigenvalue weighted by molar-refractivity contribution is 6.19. The number of fused-ring (bicyclic) bond motifs is 1. The van der Waals surface area contributed by atoms with Gasteiger partial charge in [-0.05, 0) is 6.08 Å². The predicted octanol–water partition coefficient (Wildman–Crippen LogP) is -1.27. The molecule has 0 aromatic rings. The minimum atomic E-state index is -2.12. The maximum Gasteiger partial charge on any atom is 0.342 e. The van der Waals surface area contributed by atoms with E-state index in [1.807, 2.05) is 0 Å². The van der Waals surface area contributed by atoms with Crippen molar-refractivity contribution >= 4 is 35.6 Å². The number of esters is 2. The summed E-state index contributed by atoms with van der Waals surface area (Å²) in [6.45, 7) is 0. The van der Waals surface area contributed by atoms with E-state index >= 15 is 0 Å². The van der Waals surface area contributed by atoms with E-state index < -0.39 is 47.1 Å². The van der Waals surface area contributed by atoms with Crippen molar-refractivity contribution in [1.82, 2.24) is 9.80 Å². The van der Waals surface area contributed by atoms with Gasteiger partial charge in [-0.2, -0.15) is 0 Å². The smallest absolute Gasteiger partial charge is 0.342 e. The van der Waals surface area contributed by atoms with Gasteiger partial charge in [0.2, 0.25) is 0 Å². The van der Waals surface area contributed by atoms with E-state index in [0.29, 0.717) is 9.80 Å². The van der Waals surface area contributed by atoms with Crippen LogP contribution in [0.4, 0.5) is 0 Å². The Morgan fingerprint density at radius 1 is 0.800 bits per heavy atom. The van der Waals surface area contributed by atoms with Gasteiger partial charge in [0.25, 0.3) is 23.6 Å². The molecule has 0 radical (unpaired) electrons. The average molecular weight is 340 g/mol. The third kappa shape index (κ3) is 1.71. The Labute approximate surface area is 139 Å². The van der Waals surface area contributed by atoms with Crippen LogP contribution in [0.5, 0.6) is 0 Å². The summed E-state index contributed by atoms with van der Waals surface area (Å²) in [5.74, 6) is -6.81. The summed E-state index contributed by atoms with van der Waals surface area (Å²) in [5, 5.41) is 0. The highest BCUT2D eigenvalue weighted by Gasteiger charge is 2.64. The normalized spacial score (nSPS) is 26.7. The van der Waals surface area contributed by atoms with Crippen molar-refractivity contribution in [3.05, 3.63) is 48.1 Å². The van der Waals surface area contributed by atoms with Crippen molar-refractivity contribution < 1.29 is 33.5 Å². The van der Waals surface area contributed by atoms with Crippen LogP contribution in [0.2, 0.25) is 0 Å². The molecule has 0 aromatic carbocycles. The van der Waals surface area contributed by atoms with Crippen LogP contribution in [0.3, 0.4) is 0 Å². The molecule has 3 aliphatic heterocycles. The maximum atomic E-state index is 12.3. The second-order valence-electron chi connectivity index (χ2n) is 5.60. The summed E-state index contributed by atoms with van der Waals surface area (Å²) in [4.78, 5) is 74.6. The van der Waals surface area contributed by atoms with Gasteiger partial charge in [-0.1, -0.05) is 12.2 Å². The van der Waals surface area contributed by atoms with Crippen LogP contribution in [-0.2, 0) is 33.5 Å². The third-order valence-corrected chi connectivity index (χ3v) is 4.35. The largest absolute Gasteiger partial charge is 0.389 e. The molecule has 1 aliphatic carbocycles. The van der Waals surface area contributed by atoms with Crippen LogP contribution in [0.25, 0.3) is 0 Å². The van der Waals surface area contributed by atoms with Crippen LogP contribution in [-0.4, -0.2) is 51.0 Å². The number of imide groups is 2. The fourth-order valence-electron chi connectivity index (χ4n) is 3.42. The lowest BCUT2D eigenvalue weighted by atomic mass is 9.80. The second-order valence-corrected chi connectivity index (χ2v) is 5.60. The van der Waals surface area contributed by atoms with Crippen LogP contribution >= 0.6 is 0 Å². The zero-order chi connectivity index (χ0) is 17.9. The fourth-order valence-corrected chi connectivity index (χ4v) is 3.42. The Hall–Kier alpha value is -3.62. The number of ether oxygens (including phenoxy) is 1. The van der Waals surface area contributed by atoms with Crippen molar-refractivity contribution in [1.29, 1.82) is 0 Å². The van der Waals surface area contributed by atoms with Gasteiger partial charge in [-0.25, -0.2) is 14.6 Å². The first-order valence-corrected chi connectivity index (χ1v) is 7.16. The Morgan fingerprint density at radius 2 is 1.28 bits per heavy atom. The standard InChI is InChI=1S/C16H8N2O7/c19-9-3-4-10(20)17(9)16(18-11(21)5-6-12(18)22)7-1-2-8-13(16)15(24)25-14(8)23/h1-7,13H. The first-order valence-electron chi connectivity index (χ1n) is 7.16. The van der Waals surface area contributed by atoms with Crippen molar-refractivity contribution in [3.63, 3.8) is 0 Å². The van der Waals surface area contributed by atoms with Crippen LogP contribution < -0.4 is 0 Å². The molecule has 3 heterocycles. The topological polar surface area (TPSA) is 118 Å². The van der Waals surface area contributed by atoms with E-state index in [2.05, 4.69) is 4.74 Å². The number of cyclic esters (lactones) is 2. The van der Waals surface area contributed by atoms with Gasteiger partial charge in [0.1, 0.15) is 5.92 Å². The molecule has 0 aromatic heterocycles. The summed E-state index contributed by atoms with van der Waals surface area (Å²) in [5.41, 5.74) is -2.27. The number of nitrogens with zero attached hydrogens (tertiary/aromatic N) is 2. The molecule has 0 N–H and O–H groups in total. The molecule has 4 aliphatic rings. The van der Waals surface area contributed by atoms with Gasteiger partial charge in [0, 0.05) is 24.3 Å². The lowest BCUT2D eigenvalue weighted by Gasteiger charge is -2.46. The predicted molar refractivity (Wildman–Crippen MR) is 76.5 cm³/mol. The molecule has 0 spiro atoms. The molecule has 9 nitrogen and oxygen atoms in total. The van der Waals surface area contributed by atoms with Gasteiger partial charge >= 0.3 is 11.9 Å². The molecule has 124 valence electrons. The van der Waals surface area contributed by atoms with Gasteiger partial charge in [0.15, 0.2) is 5.66 Å². The molecule has 1 fully saturated rings. The molecule has 0 saturated carbocycles. The SMILES string of the molecule is O=C1OC(=O)C2C1=CC=CC2(N1C(=O)C=CC1=O)N1C(=O)C=CC1=O. The highest BCUT2D eigenvalue weighted by Crippen LogP contribution is 2.44. The number of carbonyl (C=O) groups is 6. The third-order valence-electron chi connectivity index (χ3n) is 4.35. The molecular formula is C16H8N2O7. The molecule has 1 unspecified atom stereocenters. The average Bonchev–Trinajstić information content (AvgIpc) is 3.17. The van der Waals surface area contributed by atoms with Crippen LogP contribution in [0.1, 0.15) is 0 Å². The van der Waals surface area contributed by atoms with E-state index in [1.54, 1.807) is 0 Å². The summed E-state index contributed by atoms with van der Waals surface area (Å²) >= 11 is 0. The number of hydrogen-bond acceptors (Lipinski definition) is 7. The van der Waals surface area contributed by atoms with Crippen molar-refractivity contribution in [2.24, 2.45) is 5.92 Å². The first kappa shape index (κ1) is 14.9. The monoisotopic (exact) mass is 340 g/mol. The molecule has 4 amide bonds. The summed E-state index contributed by atoms with van der Waals surface area (Å²) in [7, 11) is 0. The second kappa shape index (κ2) is 4.69. The van der Waals surface area contributed by atoms with E-state index in [1.165, 1.54) is 18.2 Å². The summed E-state index contributed by atoms with van der Waals surface area (Å²) in [6, 6.07) is 0. The lowest BCUT2D eigenvalue weighted by molar-refractivity contribution is -0.166. The van der Waals surface area contributed by atoms with Gasteiger partial charge < -0.3 is 4.74 Å². The van der Waals surface area contributed by atoms with Crippen molar-refractivity contribution in [2.75, 3.05) is 0 Å². The van der Waals surface area contributed by atoms with Gasteiger partial charge in [-0.3, -0.25) is 24.0 Å². The molecule has 1 saturated heterocycles. The zero-order valence-corrected chi connectivity index (χ0v) is 12.4. The molecule has 25 heavy (non-hydrogen) atoms. The molecule has 4 rings (SSSR count). The van der Waals surface area contributed by atoms with Crippen molar-refractivity contribution in [2.45, 2.75) is 5.66 Å². The lowest BCUT2D eigenvalue weighted by Crippen LogP contribution is -2.68. The van der Waals surface area contributed by atoms with Crippen LogP contribution in [0.15, 0.2) is 48.1 Å². The molecule has 0 bridgehead atoms. The molecule has 9 heteroatoms. The summed E-state index contributed by atoms with van der Waals surface area (Å²) in [6.07, 6.45) is 7.60. The van der Waals surface area contributed by atoms with Crippen molar-refractivity contribution in [3.8, 4) is 0 Å². The Balaban J connectivity index is 1.98. The summed E-state index contributed by atoms with van der Waals surface area (Å²) < 4.78 is 4.60. The number of allylic oxidation sites excluding steroid dienone is 2. The van der Waals surface area contributed by atoms with E-state index in [0.717, 1.165) is 24.3 Å². The number of amides is 4. The maximum absolute atomic E-state index is 12.3. The quantitative estimate of drug-likeness (QED) is 0.349.